The van der Waals surface area contributed by atoms with E-state index in [4.69, 9.17) is 28.0 Å². The van der Waals surface area contributed by atoms with Crippen LogP contribution in [0.5, 0.6) is 5.75 Å². The smallest absolute Gasteiger partial charge is 0.416 e. The average Bonchev–Trinajstić information content (AvgIpc) is 3.56. The molecule has 0 saturated carbocycles. The van der Waals surface area contributed by atoms with Crippen LogP contribution in [0.1, 0.15) is 56.4 Å². The molecule has 0 spiro atoms. The van der Waals surface area contributed by atoms with E-state index in [1.165, 1.54) is 48.5 Å². The Morgan fingerprint density at radius 3 is 0.940 bits per heavy atom. The van der Waals surface area contributed by atoms with Gasteiger partial charge < -0.3 is 28.0 Å². The molecule has 6 unspecified atom stereocenters. The Labute approximate surface area is 452 Å². The van der Waals surface area contributed by atoms with E-state index < -0.39 is 205 Å². The van der Waals surface area contributed by atoms with Gasteiger partial charge >= 0.3 is 49.4 Å². The van der Waals surface area contributed by atoms with Crippen LogP contribution in [-0.4, -0.2) is 37.3 Å². The first-order chi connectivity index (χ1) is 38.1. The minimum Gasteiger partial charge on any atom is -0.462 e. The maximum absolute atomic E-state index is 14.7. The molecule has 0 N–H and O–H groups in total. The molecule has 6 nitrogen and oxygen atoms in total. The zero-order chi connectivity index (χ0) is 61.2. The highest BCUT2D eigenvalue weighted by Gasteiger charge is 2.56. The number of benzene rings is 6. The summed E-state index contributed by atoms with van der Waals surface area (Å²) in [4.78, 5) is 0. The third-order valence-corrected chi connectivity index (χ3v) is 15.9. The van der Waals surface area contributed by atoms with Crippen LogP contribution in [0, 0.1) is 0 Å². The van der Waals surface area contributed by atoms with E-state index >= 15 is 0 Å². The Morgan fingerprint density at radius 2 is 0.639 bits per heavy atom. The van der Waals surface area contributed by atoms with Crippen LogP contribution in [0.2, 0.25) is 0 Å². The van der Waals surface area contributed by atoms with E-state index in [9.17, 15) is 105 Å². The van der Waals surface area contributed by atoms with E-state index in [1.807, 2.05) is 0 Å². The van der Waals surface area contributed by atoms with Gasteiger partial charge in [0.2, 0.25) is 6.29 Å². The fourth-order valence-corrected chi connectivity index (χ4v) is 12.4. The van der Waals surface area contributed by atoms with Gasteiger partial charge in [-0.15, -0.1) is 0 Å². The summed E-state index contributed by atoms with van der Waals surface area (Å²) in [7, 11) is -8.51. The number of fused-ring (bicyclic) bond motifs is 1. The van der Waals surface area contributed by atoms with Crippen molar-refractivity contribution in [3.05, 3.63) is 184 Å². The molecule has 2 saturated heterocycles. The lowest BCUT2D eigenvalue weighted by Crippen LogP contribution is -2.64. The number of hydrogen-bond donors (Lipinski definition) is 0. The molecule has 2 aliphatic rings. The second kappa shape index (κ2) is 22.8. The van der Waals surface area contributed by atoms with Gasteiger partial charge in [-0.2, -0.15) is 105 Å². The molecule has 6 aromatic rings. The lowest BCUT2D eigenvalue weighted by molar-refractivity contribution is -0.342. The van der Waals surface area contributed by atoms with Crippen molar-refractivity contribution in [3.63, 3.8) is 0 Å². The molecule has 2 fully saturated rings. The molecule has 0 amide bonds. The van der Waals surface area contributed by atoms with Crippen LogP contribution in [0.3, 0.4) is 0 Å². The average molecular weight is 1260 g/mol. The summed E-state index contributed by atoms with van der Waals surface area (Å²) in [5.74, 6) is -0.424. The molecule has 0 aromatic heterocycles. The highest BCUT2D eigenvalue weighted by Crippen LogP contribution is 2.52. The normalized spacial score (nSPS) is 20.7. The molecule has 32 heteroatoms. The quantitative estimate of drug-likeness (QED) is 0.0952. The monoisotopic (exact) mass is 1260 g/mol. The van der Waals surface area contributed by atoms with Gasteiger partial charge in [0.15, 0.2) is 12.4 Å². The first kappa shape index (κ1) is 63.1. The lowest BCUT2D eigenvalue weighted by Gasteiger charge is -2.50. The lowest BCUT2D eigenvalue weighted by atomic mass is 9.98. The molecule has 6 aromatic carbocycles. The van der Waals surface area contributed by atoms with Gasteiger partial charge in [-0.1, -0.05) is 48.5 Å². The SMILES string of the molecule is FC(F)(F)c1cc(P(OC2C(Oc3ccccc3)OC3COC(c4ccccc4)OC3C2OP(c2cc(C(F)(F)F)cc(C(F)(F)F)c2)c2cc(C(F)(F)F)cc(C(F)(F)F)c2)c2cc(C(F)(F)F)cc(C(F)(F)F)c2)cc(C(F)(F)F)c1. The van der Waals surface area contributed by atoms with Gasteiger partial charge in [-0.05, 0) is 84.9 Å². The van der Waals surface area contributed by atoms with Crippen LogP contribution < -0.4 is 26.0 Å². The number of ether oxygens (including phenoxy) is 4. The molecule has 83 heavy (non-hydrogen) atoms. The molecular formula is C51H30F24O6P2. The first-order valence-corrected chi connectivity index (χ1v) is 25.5. The van der Waals surface area contributed by atoms with E-state index in [2.05, 4.69) is 0 Å². The third kappa shape index (κ3) is 15.0. The van der Waals surface area contributed by atoms with Crippen molar-refractivity contribution in [1.29, 1.82) is 0 Å². The first-order valence-electron chi connectivity index (χ1n) is 23.0. The summed E-state index contributed by atoms with van der Waals surface area (Å²) in [6, 6.07) is 9.00. The molecule has 8 rings (SSSR count). The van der Waals surface area contributed by atoms with Gasteiger partial charge in [-0.3, -0.25) is 0 Å². The van der Waals surface area contributed by atoms with Crippen LogP contribution in [0.15, 0.2) is 133 Å². The standard InChI is InChI=1S/C51H30F24O6P2/c52-44(53,54)25-11-26(45(55,56)57)16-34(15-25)82(35-17-27(46(58,59)60)12-28(18-35)47(61,62)63)80-40-39-38(23-76-42(79-39)24-7-3-1-4-8-24)78-43(77-33-9-5-2-6-10-33)41(40)81-83(36-19-29(48(64,65)66)13-30(20-36)49(67,68)69)37-21-31(50(70,71)72)14-32(22-37)51(73,74)75/h1-22,38-43H,23H2. The van der Waals surface area contributed by atoms with Gasteiger partial charge in [-0.25, -0.2) is 0 Å². The topological polar surface area (TPSA) is 55.4 Å². The van der Waals surface area contributed by atoms with Gasteiger partial charge in [0.25, 0.3) is 0 Å². The highest BCUT2D eigenvalue weighted by molar-refractivity contribution is 7.69. The summed E-state index contributed by atoms with van der Waals surface area (Å²) in [5.41, 5.74) is -18.2. The number of halogens is 24. The second-order valence-electron chi connectivity index (χ2n) is 17.9. The zero-order valence-corrected chi connectivity index (χ0v) is 42.1. The maximum Gasteiger partial charge on any atom is 0.416 e. The van der Waals surface area contributed by atoms with Gasteiger partial charge in [0.05, 0.1) is 67.4 Å². The van der Waals surface area contributed by atoms with Gasteiger partial charge in [0, 0.05) is 26.8 Å². The molecule has 0 bridgehead atoms. The third-order valence-electron chi connectivity index (χ3n) is 12.0. The molecule has 2 heterocycles. The highest BCUT2D eigenvalue weighted by atomic mass is 31.1. The minimum atomic E-state index is -5.84. The Morgan fingerprint density at radius 1 is 0.349 bits per heavy atom. The second-order valence-corrected chi connectivity index (χ2v) is 21.6. The summed E-state index contributed by atoms with van der Waals surface area (Å²) in [6.07, 6.45) is -60.9. The van der Waals surface area contributed by atoms with Crippen LogP contribution in [0.25, 0.3) is 0 Å². The van der Waals surface area contributed by atoms with E-state index in [-0.39, 0.29) is 54.1 Å². The van der Waals surface area contributed by atoms with E-state index in [0.717, 1.165) is 12.1 Å². The summed E-state index contributed by atoms with van der Waals surface area (Å²) < 4.78 is 388. The van der Waals surface area contributed by atoms with Crippen molar-refractivity contribution >= 4 is 37.5 Å². The van der Waals surface area contributed by atoms with Crippen molar-refractivity contribution < 1.29 is 133 Å². The molecule has 6 atom stereocenters. The van der Waals surface area contributed by atoms with Crippen molar-refractivity contribution in [2.75, 3.05) is 6.61 Å². The molecule has 448 valence electrons. The maximum atomic E-state index is 14.7. The number of hydrogen-bond acceptors (Lipinski definition) is 6. The van der Waals surface area contributed by atoms with Crippen LogP contribution in [0.4, 0.5) is 105 Å². The molecule has 0 aliphatic carbocycles. The Bertz CT molecular complexity index is 2970. The minimum absolute atomic E-state index is 0.00188. The number of para-hydroxylation sites is 1. The summed E-state index contributed by atoms with van der Waals surface area (Å²) in [6.45, 7) is -0.840. The largest absolute Gasteiger partial charge is 0.462 e. The predicted molar refractivity (Wildman–Crippen MR) is 244 cm³/mol. The van der Waals surface area contributed by atoms with Crippen molar-refractivity contribution in [2.45, 2.75) is 86.4 Å². The fraction of sp³-hybridized carbons (Fsp3) is 0.294. The van der Waals surface area contributed by atoms with Crippen molar-refractivity contribution in [1.82, 2.24) is 0 Å². The Hall–Kier alpha value is -5.90. The van der Waals surface area contributed by atoms with Crippen molar-refractivity contribution in [2.24, 2.45) is 0 Å². The number of alkyl halides is 24. The van der Waals surface area contributed by atoms with Crippen LogP contribution in [-0.2, 0) is 72.7 Å². The Balaban J connectivity index is 1.49. The number of rotatable bonds is 11. The van der Waals surface area contributed by atoms with Gasteiger partial charge in [0.1, 0.15) is 24.1 Å². The molecule has 2 aliphatic heterocycles. The summed E-state index contributed by atoms with van der Waals surface area (Å²) in [5, 5.41) is -6.17. The summed E-state index contributed by atoms with van der Waals surface area (Å²) >= 11 is 0. The Kier molecular flexibility index (Phi) is 17.4. The van der Waals surface area contributed by atoms with Crippen LogP contribution >= 0.6 is 16.3 Å². The van der Waals surface area contributed by atoms with Crippen molar-refractivity contribution in [3.8, 4) is 5.75 Å². The molecule has 0 radical (unpaired) electrons. The zero-order valence-electron chi connectivity index (χ0n) is 40.3. The predicted octanol–water partition coefficient (Wildman–Crippen LogP) is 15.9. The molecular weight excluding hydrogens is 1230 g/mol. The fourth-order valence-electron chi connectivity index (χ4n) is 8.29. The van der Waals surface area contributed by atoms with E-state index in [0.29, 0.717) is 0 Å². The van der Waals surface area contributed by atoms with E-state index in [1.54, 1.807) is 0 Å².